The molecule has 1 aromatic heterocycles. The van der Waals surface area contributed by atoms with Gasteiger partial charge >= 0.3 is 6.18 Å². The molecule has 11 heteroatoms. The summed E-state index contributed by atoms with van der Waals surface area (Å²) in [7, 11) is 1.81. The molecule has 0 saturated carbocycles. The van der Waals surface area contributed by atoms with Crippen molar-refractivity contribution in [3.8, 4) is 0 Å². The number of aryl methyl sites for hydroxylation is 1. The molecular formula is C32H29F3N4O4. The molecule has 0 radical (unpaired) electrons. The Hall–Kier alpha value is -4.64. The number of benzene rings is 3. The van der Waals surface area contributed by atoms with Crippen molar-refractivity contribution < 1.29 is 32.7 Å². The van der Waals surface area contributed by atoms with E-state index in [0.29, 0.717) is 22.1 Å². The van der Waals surface area contributed by atoms with E-state index in [0.717, 1.165) is 17.6 Å². The standard InChI is InChI=1S/C32H29F3N4O4/c1-37-18-24(23-9-5-6-10-26(23)37)30(42)39-17-22(40)15-28(39)29(41)36-25-13-20-11-12-21(32(33,34)35)14-27(20)38(31(25)43)16-19-7-3-2-4-8-19/h2-12,14,18,22,25,28,40H,13,15-17H2,1H3,(H,36,41). The number of likely N-dealkylation sites (tertiary alicyclic amines) is 1. The van der Waals surface area contributed by atoms with E-state index < -0.39 is 47.6 Å². The number of aliphatic hydroxyl groups excluding tert-OH is 1. The molecule has 8 nitrogen and oxygen atoms in total. The summed E-state index contributed by atoms with van der Waals surface area (Å²) < 4.78 is 42.5. The van der Waals surface area contributed by atoms with Gasteiger partial charge in [-0.1, -0.05) is 54.6 Å². The van der Waals surface area contributed by atoms with E-state index >= 15 is 0 Å². The van der Waals surface area contributed by atoms with Crippen LogP contribution >= 0.6 is 0 Å². The number of fused-ring (bicyclic) bond motifs is 2. The maximum Gasteiger partial charge on any atom is 0.416 e. The van der Waals surface area contributed by atoms with Gasteiger partial charge in [0.2, 0.25) is 11.8 Å². The number of nitrogens with one attached hydrogen (secondary N) is 1. The number of carbonyl (C=O) groups is 3. The summed E-state index contributed by atoms with van der Waals surface area (Å²) in [5.41, 5.74) is 1.67. The van der Waals surface area contributed by atoms with Crippen LogP contribution in [0.5, 0.6) is 0 Å². The Morgan fingerprint density at radius 3 is 2.49 bits per heavy atom. The van der Waals surface area contributed by atoms with Gasteiger partial charge in [-0.05, 0) is 29.3 Å². The van der Waals surface area contributed by atoms with Crippen LogP contribution in [0.4, 0.5) is 18.9 Å². The van der Waals surface area contributed by atoms with Gasteiger partial charge in [0.15, 0.2) is 0 Å². The third-order valence-corrected chi connectivity index (χ3v) is 8.16. The van der Waals surface area contributed by atoms with Gasteiger partial charge < -0.3 is 24.8 Å². The zero-order chi connectivity index (χ0) is 30.5. The summed E-state index contributed by atoms with van der Waals surface area (Å²) in [6.45, 7) is -0.0455. The van der Waals surface area contributed by atoms with E-state index in [1.54, 1.807) is 36.5 Å². The van der Waals surface area contributed by atoms with Crippen LogP contribution in [0.25, 0.3) is 10.9 Å². The Morgan fingerprint density at radius 1 is 1.02 bits per heavy atom. The molecule has 0 bridgehead atoms. The van der Waals surface area contributed by atoms with Crippen LogP contribution in [0.1, 0.15) is 33.5 Å². The molecule has 3 atom stereocenters. The summed E-state index contributed by atoms with van der Waals surface area (Å²) in [6, 6.07) is 17.4. The fourth-order valence-corrected chi connectivity index (χ4v) is 6.04. The molecule has 1 saturated heterocycles. The fourth-order valence-electron chi connectivity index (χ4n) is 6.04. The Labute approximate surface area is 245 Å². The molecule has 3 aromatic carbocycles. The van der Waals surface area contributed by atoms with Crippen LogP contribution in [0.2, 0.25) is 0 Å². The summed E-state index contributed by atoms with van der Waals surface area (Å²) >= 11 is 0. The molecule has 2 N–H and O–H groups in total. The van der Waals surface area contributed by atoms with Gasteiger partial charge in [-0.2, -0.15) is 13.2 Å². The topological polar surface area (TPSA) is 94.9 Å². The smallest absolute Gasteiger partial charge is 0.391 e. The first-order valence-electron chi connectivity index (χ1n) is 13.9. The summed E-state index contributed by atoms with van der Waals surface area (Å²) in [5.74, 6) is -1.59. The lowest BCUT2D eigenvalue weighted by atomic mass is 9.94. The van der Waals surface area contributed by atoms with E-state index in [4.69, 9.17) is 0 Å². The fraction of sp³-hybridized carbons (Fsp3) is 0.281. The minimum Gasteiger partial charge on any atom is -0.391 e. The Bertz CT molecular complexity index is 1720. The average molecular weight is 591 g/mol. The number of β-amino-alcohol motifs (C(OH)–C–C–N with tert-alkyl or cyclic N) is 1. The maximum absolute atomic E-state index is 13.8. The number of hydrogen-bond donors (Lipinski definition) is 2. The Morgan fingerprint density at radius 2 is 1.74 bits per heavy atom. The van der Waals surface area contributed by atoms with E-state index in [1.807, 2.05) is 35.9 Å². The second kappa shape index (κ2) is 10.9. The quantitative estimate of drug-likeness (QED) is 0.367. The molecule has 6 rings (SSSR count). The lowest BCUT2D eigenvalue weighted by Gasteiger charge is -2.36. The molecule has 1 fully saturated rings. The predicted molar refractivity (Wildman–Crippen MR) is 153 cm³/mol. The molecule has 0 aliphatic carbocycles. The van der Waals surface area contributed by atoms with E-state index in [1.165, 1.54) is 15.9 Å². The number of carbonyl (C=O) groups excluding carboxylic acids is 3. The van der Waals surface area contributed by atoms with Gasteiger partial charge in [0.05, 0.1) is 23.8 Å². The number of halogens is 3. The second-order valence-electron chi connectivity index (χ2n) is 11.1. The van der Waals surface area contributed by atoms with Crippen molar-refractivity contribution in [2.24, 2.45) is 7.05 Å². The molecule has 4 aromatic rings. The van der Waals surface area contributed by atoms with Crippen molar-refractivity contribution in [2.45, 2.75) is 43.8 Å². The number of aromatic nitrogens is 1. The predicted octanol–water partition coefficient (Wildman–Crippen LogP) is 4.05. The monoisotopic (exact) mass is 590 g/mol. The highest BCUT2D eigenvalue weighted by molar-refractivity contribution is 6.09. The number of alkyl halides is 3. The van der Waals surface area contributed by atoms with Crippen molar-refractivity contribution in [1.29, 1.82) is 0 Å². The number of nitrogens with zero attached hydrogens (tertiary/aromatic N) is 3. The molecule has 3 heterocycles. The van der Waals surface area contributed by atoms with Crippen molar-refractivity contribution in [1.82, 2.24) is 14.8 Å². The highest BCUT2D eigenvalue weighted by Crippen LogP contribution is 2.37. The average Bonchev–Trinajstić information content (AvgIpc) is 3.54. The molecule has 2 aliphatic rings. The number of aliphatic hydroxyl groups is 1. The number of para-hydroxylation sites is 1. The molecule has 2 aliphatic heterocycles. The van der Waals surface area contributed by atoms with E-state index in [-0.39, 0.29) is 31.6 Å². The normalized spacial score (nSPS) is 20.4. The summed E-state index contributed by atoms with van der Waals surface area (Å²) in [6.07, 6.45) is -3.87. The van der Waals surface area contributed by atoms with Gasteiger partial charge in [0.1, 0.15) is 12.1 Å². The summed E-state index contributed by atoms with van der Waals surface area (Å²) in [5, 5.41) is 13.9. The molecule has 0 spiro atoms. The van der Waals surface area contributed by atoms with Crippen molar-refractivity contribution >= 4 is 34.3 Å². The molecular weight excluding hydrogens is 561 g/mol. The van der Waals surface area contributed by atoms with Gasteiger partial charge in [0, 0.05) is 49.2 Å². The minimum absolute atomic E-state index is 0.00812. The number of rotatable bonds is 5. The van der Waals surface area contributed by atoms with Crippen molar-refractivity contribution in [2.75, 3.05) is 11.4 Å². The van der Waals surface area contributed by atoms with E-state index in [9.17, 15) is 32.7 Å². The zero-order valence-electron chi connectivity index (χ0n) is 23.2. The largest absolute Gasteiger partial charge is 0.416 e. The number of hydrogen-bond acceptors (Lipinski definition) is 4. The maximum atomic E-state index is 13.8. The van der Waals surface area contributed by atoms with Crippen LogP contribution in [0, 0.1) is 0 Å². The first-order valence-corrected chi connectivity index (χ1v) is 13.9. The van der Waals surface area contributed by atoms with Crippen LogP contribution in [-0.2, 0) is 35.8 Å². The Kier molecular flexibility index (Phi) is 7.21. The van der Waals surface area contributed by atoms with Crippen LogP contribution in [0.3, 0.4) is 0 Å². The molecule has 43 heavy (non-hydrogen) atoms. The zero-order valence-corrected chi connectivity index (χ0v) is 23.2. The van der Waals surface area contributed by atoms with Crippen molar-refractivity contribution in [3.05, 3.63) is 101 Å². The number of anilines is 1. The van der Waals surface area contributed by atoms with Gasteiger partial charge in [-0.25, -0.2) is 0 Å². The lowest BCUT2D eigenvalue weighted by Crippen LogP contribution is -2.56. The van der Waals surface area contributed by atoms with Crippen molar-refractivity contribution in [3.63, 3.8) is 0 Å². The van der Waals surface area contributed by atoms with Crippen LogP contribution in [-0.4, -0.2) is 57.0 Å². The first-order chi connectivity index (χ1) is 20.5. The van der Waals surface area contributed by atoms with Gasteiger partial charge in [-0.3, -0.25) is 14.4 Å². The Balaban J connectivity index is 1.28. The SMILES string of the molecule is Cn1cc(C(=O)N2CC(O)CC2C(=O)NC2Cc3ccc(C(F)(F)F)cc3N(Cc3ccccc3)C2=O)c2ccccc21. The van der Waals surface area contributed by atoms with Gasteiger partial charge in [0.25, 0.3) is 5.91 Å². The lowest BCUT2D eigenvalue weighted by molar-refractivity contribution is -0.137. The summed E-state index contributed by atoms with van der Waals surface area (Å²) in [4.78, 5) is 43.7. The highest BCUT2D eigenvalue weighted by Gasteiger charge is 2.43. The first kappa shape index (κ1) is 28.5. The van der Waals surface area contributed by atoms with Gasteiger partial charge in [-0.15, -0.1) is 0 Å². The van der Waals surface area contributed by atoms with Crippen LogP contribution < -0.4 is 10.2 Å². The molecule has 222 valence electrons. The third-order valence-electron chi connectivity index (χ3n) is 8.16. The van der Waals surface area contributed by atoms with Crippen LogP contribution in [0.15, 0.2) is 79.0 Å². The number of amides is 3. The molecule has 3 amide bonds. The second-order valence-corrected chi connectivity index (χ2v) is 11.1. The highest BCUT2D eigenvalue weighted by atomic mass is 19.4. The third kappa shape index (κ3) is 5.36. The molecule has 3 unspecified atom stereocenters. The minimum atomic E-state index is -4.59. The van der Waals surface area contributed by atoms with E-state index in [2.05, 4.69) is 5.32 Å².